The van der Waals surface area contributed by atoms with Crippen molar-refractivity contribution in [3.8, 4) is 0 Å². The molecule has 0 bridgehead atoms. The summed E-state index contributed by atoms with van der Waals surface area (Å²) in [6.45, 7) is -0.655. The first kappa shape index (κ1) is 11.0. The molecule has 1 aliphatic rings. The van der Waals surface area contributed by atoms with E-state index in [9.17, 15) is 16.8 Å². The third-order valence-corrected chi connectivity index (χ3v) is 2.67. The summed E-state index contributed by atoms with van der Waals surface area (Å²) in [5.41, 5.74) is 0. The van der Waals surface area contributed by atoms with Crippen molar-refractivity contribution >= 4 is 31.9 Å². The molecular weight excluding hydrogens is 238 g/mol. The Bertz CT molecular complexity index is 486. The maximum Gasteiger partial charge on any atom is 0.362 e. The topological polar surface area (TPSA) is 137 Å². The highest BCUT2D eigenvalue weighted by Gasteiger charge is 2.23. The van der Waals surface area contributed by atoms with Crippen LogP contribution < -0.4 is 0 Å². The minimum absolute atomic E-state index is 0.293. The molecular formula is C3H5N3O6S2. The van der Waals surface area contributed by atoms with Crippen LogP contribution in [0, 0.1) is 0 Å². The van der Waals surface area contributed by atoms with Gasteiger partial charge in [0, 0.05) is 0 Å². The van der Waals surface area contributed by atoms with Crippen LogP contribution in [-0.4, -0.2) is 48.4 Å². The molecule has 14 heavy (non-hydrogen) atoms. The Morgan fingerprint density at radius 2 is 1.86 bits per heavy atom. The lowest BCUT2D eigenvalue weighted by Gasteiger charge is -2.15. The molecule has 1 rings (SSSR count). The smallest absolute Gasteiger partial charge is 0.279 e. The highest BCUT2D eigenvalue weighted by atomic mass is 32.2. The molecule has 0 radical (unpaired) electrons. The maximum atomic E-state index is 10.5. The van der Waals surface area contributed by atoms with Crippen LogP contribution in [0.15, 0.2) is 9.98 Å². The van der Waals surface area contributed by atoms with Crippen LogP contribution >= 0.6 is 0 Å². The van der Waals surface area contributed by atoms with Crippen molar-refractivity contribution in [2.24, 2.45) is 9.98 Å². The van der Waals surface area contributed by atoms with Crippen molar-refractivity contribution in [1.82, 2.24) is 4.31 Å². The minimum Gasteiger partial charge on any atom is -0.279 e. The molecule has 0 spiro atoms. The Kier molecular flexibility index (Phi) is 2.58. The van der Waals surface area contributed by atoms with E-state index in [0.29, 0.717) is 10.6 Å². The van der Waals surface area contributed by atoms with Gasteiger partial charge in [-0.1, -0.05) is 0 Å². The van der Waals surface area contributed by atoms with Gasteiger partial charge in [-0.25, -0.2) is 14.3 Å². The predicted molar refractivity (Wildman–Crippen MR) is 45.7 cm³/mol. The molecule has 80 valence electrons. The number of aliphatic imine (C=N–C) groups is 2. The van der Waals surface area contributed by atoms with E-state index in [-0.39, 0.29) is 0 Å². The number of rotatable bonds is 1. The van der Waals surface area contributed by atoms with Crippen LogP contribution in [0.4, 0.5) is 0 Å². The van der Waals surface area contributed by atoms with Gasteiger partial charge in [0.15, 0.2) is 0 Å². The zero-order valence-corrected chi connectivity index (χ0v) is 8.10. The van der Waals surface area contributed by atoms with Gasteiger partial charge in [-0.05, 0) is 0 Å². The fourth-order valence-electron chi connectivity index (χ4n) is 0.602. The number of amidine groups is 1. The van der Waals surface area contributed by atoms with E-state index >= 15 is 0 Å². The second-order valence-electron chi connectivity index (χ2n) is 2.17. The van der Waals surface area contributed by atoms with Crippen LogP contribution in [0.1, 0.15) is 0 Å². The normalized spacial score (nSPS) is 18.1. The van der Waals surface area contributed by atoms with E-state index in [1.807, 2.05) is 0 Å². The molecule has 0 unspecified atom stereocenters. The lowest BCUT2D eigenvalue weighted by Crippen LogP contribution is -2.33. The SMILES string of the molecule is O=S(=O)(O)C1=NCN(S(=O)(=O)O)C=N1. The summed E-state index contributed by atoms with van der Waals surface area (Å²) in [5.74, 6) is 0. The number of hydrogen-bond acceptors (Lipinski definition) is 6. The van der Waals surface area contributed by atoms with Crippen molar-refractivity contribution in [3.05, 3.63) is 0 Å². The van der Waals surface area contributed by atoms with E-state index in [1.165, 1.54) is 0 Å². The van der Waals surface area contributed by atoms with Gasteiger partial charge in [0.2, 0.25) is 0 Å². The first-order valence-corrected chi connectivity index (χ1v) is 5.85. The van der Waals surface area contributed by atoms with E-state index in [1.54, 1.807) is 0 Å². The second kappa shape index (κ2) is 3.27. The predicted octanol–water partition coefficient (Wildman–Crippen LogP) is -1.67. The van der Waals surface area contributed by atoms with Crippen molar-refractivity contribution in [2.75, 3.05) is 6.67 Å². The summed E-state index contributed by atoms with van der Waals surface area (Å²) in [4.78, 5) is 6.14. The Morgan fingerprint density at radius 1 is 1.29 bits per heavy atom. The van der Waals surface area contributed by atoms with Gasteiger partial charge in [-0.15, -0.1) is 0 Å². The summed E-state index contributed by atoms with van der Waals surface area (Å²) in [7, 11) is -9.04. The molecule has 0 aromatic carbocycles. The molecule has 0 saturated heterocycles. The molecule has 0 aromatic rings. The van der Waals surface area contributed by atoms with Crippen molar-refractivity contribution in [1.29, 1.82) is 0 Å². The van der Waals surface area contributed by atoms with Crippen molar-refractivity contribution in [3.63, 3.8) is 0 Å². The van der Waals surface area contributed by atoms with Crippen molar-refractivity contribution < 1.29 is 25.9 Å². The fraction of sp³-hybridized carbons (Fsp3) is 0.333. The number of hydrogen-bond donors (Lipinski definition) is 2. The molecule has 0 saturated carbocycles. The molecule has 0 amide bonds. The average molecular weight is 243 g/mol. The summed E-state index contributed by atoms with van der Waals surface area (Å²) in [6.07, 6.45) is 0.533. The van der Waals surface area contributed by atoms with E-state index in [4.69, 9.17) is 9.11 Å². The third kappa shape index (κ3) is 2.47. The Balaban J connectivity index is 2.94. The van der Waals surface area contributed by atoms with Gasteiger partial charge in [0.05, 0.1) is 0 Å². The molecule has 9 nitrogen and oxygen atoms in total. The van der Waals surface area contributed by atoms with Gasteiger partial charge < -0.3 is 0 Å². The largest absolute Gasteiger partial charge is 0.362 e. The second-order valence-corrected chi connectivity index (χ2v) is 4.85. The summed E-state index contributed by atoms with van der Waals surface area (Å²) < 4.78 is 58.9. The Labute approximate surface area is 79.4 Å². The molecule has 0 aliphatic carbocycles. The molecule has 0 aromatic heterocycles. The van der Waals surface area contributed by atoms with Crippen LogP contribution in [0.3, 0.4) is 0 Å². The van der Waals surface area contributed by atoms with Crippen LogP contribution in [-0.2, 0) is 20.4 Å². The van der Waals surface area contributed by atoms with Gasteiger partial charge in [-0.3, -0.25) is 9.11 Å². The molecule has 0 fully saturated rings. The van der Waals surface area contributed by atoms with E-state index in [0.717, 1.165) is 0 Å². The summed E-state index contributed by atoms with van der Waals surface area (Å²) >= 11 is 0. The van der Waals surface area contributed by atoms with E-state index in [2.05, 4.69) is 9.98 Å². The van der Waals surface area contributed by atoms with Gasteiger partial charge >= 0.3 is 20.4 Å². The first-order valence-electron chi connectivity index (χ1n) is 3.01. The first-order chi connectivity index (χ1) is 6.21. The Hall–Kier alpha value is -1.04. The Morgan fingerprint density at radius 3 is 2.14 bits per heavy atom. The summed E-state index contributed by atoms with van der Waals surface area (Å²) in [5, 5.41) is -0.905. The highest BCUT2D eigenvalue weighted by Crippen LogP contribution is 2.03. The van der Waals surface area contributed by atoms with Crippen molar-refractivity contribution in [2.45, 2.75) is 0 Å². The molecule has 1 heterocycles. The van der Waals surface area contributed by atoms with Gasteiger partial charge in [0.1, 0.15) is 13.0 Å². The standard InChI is InChI=1S/C3H5N3O6S2/c7-13(8,9)3-4-1-6(2-5-3)14(10,11)12/h1H,2H2,(H,7,8,9)(H,10,11,12). The minimum atomic E-state index is -4.55. The highest BCUT2D eigenvalue weighted by molar-refractivity contribution is 8.01. The molecule has 11 heteroatoms. The fourth-order valence-corrected chi connectivity index (χ4v) is 1.37. The lowest BCUT2D eigenvalue weighted by molar-refractivity contribution is 0.425. The van der Waals surface area contributed by atoms with Gasteiger partial charge in [-0.2, -0.15) is 16.8 Å². The summed E-state index contributed by atoms with van der Waals surface area (Å²) in [6, 6.07) is 0. The third-order valence-electron chi connectivity index (χ3n) is 1.17. The molecule has 2 N–H and O–H groups in total. The van der Waals surface area contributed by atoms with Crippen LogP contribution in [0.5, 0.6) is 0 Å². The van der Waals surface area contributed by atoms with Crippen LogP contribution in [0.2, 0.25) is 0 Å². The van der Waals surface area contributed by atoms with Gasteiger partial charge in [0.25, 0.3) is 5.17 Å². The van der Waals surface area contributed by atoms with Crippen LogP contribution in [0.25, 0.3) is 0 Å². The quantitative estimate of drug-likeness (QED) is 0.528. The maximum absolute atomic E-state index is 10.5. The lowest BCUT2D eigenvalue weighted by atomic mass is 10.9. The molecule has 1 aliphatic heterocycles. The average Bonchev–Trinajstić information content (AvgIpc) is 2.01. The molecule has 0 atom stereocenters. The monoisotopic (exact) mass is 243 g/mol. The zero-order valence-electron chi connectivity index (χ0n) is 6.47. The number of nitrogens with zero attached hydrogens (tertiary/aromatic N) is 3. The zero-order chi connectivity index (χ0) is 11.0. The van der Waals surface area contributed by atoms with E-state index < -0.39 is 32.3 Å².